The van der Waals surface area contributed by atoms with Crippen LogP contribution in [0.15, 0.2) is 30.4 Å². The number of rotatable bonds is 5. The number of aromatic carboxylic acids is 1. The summed E-state index contributed by atoms with van der Waals surface area (Å²) in [5.41, 5.74) is 0.615. The average Bonchev–Trinajstić information content (AvgIpc) is 2.34. The summed E-state index contributed by atoms with van der Waals surface area (Å²) in [7, 11) is 0. The van der Waals surface area contributed by atoms with E-state index in [9.17, 15) is 9.59 Å². The lowest BCUT2D eigenvalue weighted by atomic mass is 10.2. The molecule has 0 spiro atoms. The van der Waals surface area contributed by atoms with E-state index in [1.807, 2.05) is 41.7 Å². The number of nitrogens with one attached hydrogen (secondary N) is 2. The van der Waals surface area contributed by atoms with E-state index in [4.69, 9.17) is 5.11 Å². The lowest BCUT2D eigenvalue weighted by molar-refractivity contribution is 0.0697. The Morgan fingerprint density at radius 3 is 2.74 bits per heavy atom. The summed E-state index contributed by atoms with van der Waals surface area (Å²) >= 11 is 2.01. The van der Waals surface area contributed by atoms with Crippen molar-refractivity contribution in [1.82, 2.24) is 5.32 Å². The molecule has 2 amide bonds. The lowest BCUT2D eigenvalue weighted by Crippen LogP contribution is -2.29. The molecule has 0 bridgehead atoms. The maximum Gasteiger partial charge on any atom is 0.335 e. The van der Waals surface area contributed by atoms with Crippen molar-refractivity contribution in [3.63, 3.8) is 0 Å². The first-order valence-electron chi connectivity index (χ1n) is 5.73. The number of carboxylic acids is 1. The van der Waals surface area contributed by atoms with E-state index in [2.05, 4.69) is 10.6 Å². The van der Waals surface area contributed by atoms with Crippen LogP contribution in [0.4, 0.5) is 10.5 Å². The fraction of sp³-hybridized carbons (Fsp3) is 0.231. The third-order valence-corrected chi connectivity index (χ3v) is 2.86. The van der Waals surface area contributed by atoms with Crippen LogP contribution in [0.25, 0.3) is 0 Å². The molecule has 1 rings (SSSR count). The van der Waals surface area contributed by atoms with Crippen LogP contribution in [-0.2, 0) is 0 Å². The smallest absolute Gasteiger partial charge is 0.335 e. The van der Waals surface area contributed by atoms with Gasteiger partial charge in [-0.1, -0.05) is 12.2 Å². The van der Waals surface area contributed by atoms with Crippen LogP contribution in [0.1, 0.15) is 23.7 Å². The van der Waals surface area contributed by atoms with Gasteiger partial charge in [-0.25, -0.2) is 9.59 Å². The molecule has 5 nitrogen and oxygen atoms in total. The predicted octanol–water partition coefficient (Wildman–Crippen LogP) is 3.08. The number of hydrogen-bond acceptors (Lipinski definition) is 2. The molecule has 102 valence electrons. The molecule has 0 unspecified atom stereocenters. The molecular weight excluding hydrogens is 359 g/mol. The quantitative estimate of drug-likeness (QED) is 0.421. The van der Waals surface area contributed by atoms with Crippen LogP contribution >= 0.6 is 22.6 Å². The van der Waals surface area contributed by atoms with Crippen LogP contribution in [0.3, 0.4) is 0 Å². The van der Waals surface area contributed by atoms with Gasteiger partial charge < -0.3 is 15.7 Å². The minimum absolute atomic E-state index is 0.149. The van der Waals surface area contributed by atoms with E-state index in [1.54, 1.807) is 6.07 Å². The molecule has 0 aliphatic heterocycles. The second kappa shape index (κ2) is 7.78. The first-order chi connectivity index (χ1) is 9.02. The fourth-order valence-electron chi connectivity index (χ4n) is 1.40. The third kappa shape index (κ3) is 5.73. The van der Waals surface area contributed by atoms with Gasteiger partial charge in [0.2, 0.25) is 0 Å². The number of allylic oxidation sites excluding steroid dienone is 1. The zero-order valence-corrected chi connectivity index (χ0v) is 12.6. The summed E-state index contributed by atoms with van der Waals surface area (Å²) < 4.78 is 0.752. The Kier molecular flexibility index (Phi) is 6.34. The summed E-state index contributed by atoms with van der Waals surface area (Å²) in [5, 5.41) is 14.2. The van der Waals surface area contributed by atoms with Gasteiger partial charge in [0, 0.05) is 15.8 Å². The molecule has 0 atom stereocenters. The van der Waals surface area contributed by atoms with Crippen LogP contribution in [0.2, 0.25) is 0 Å². The topological polar surface area (TPSA) is 78.4 Å². The Bertz CT molecular complexity index is 501. The van der Waals surface area contributed by atoms with Gasteiger partial charge >= 0.3 is 12.0 Å². The zero-order chi connectivity index (χ0) is 14.3. The Morgan fingerprint density at radius 1 is 1.37 bits per heavy atom. The molecule has 0 aliphatic carbocycles. The minimum Gasteiger partial charge on any atom is -0.478 e. The zero-order valence-electron chi connectivity index (χ0n) is 10.4. The maximum atomic E-state index is 11.6. The normalized spacial score (nSPS) is 10.4. The Labute approximate surface area is 125 Å². The van der Waals surface area contributed by atoms with Crippen molar-refractivity contribution >= 4 is 40.3 Å². The molecular formula is C13H15IN2O3. The molecule has 0 heterocycles. The summed E-state index contributed by atoms with van der Waals surface area (Å²) in [4.78, 5) is 22.5. The number of halogens is 1. The number of hydrogen-bond donors (Lipinski definition) is 3. The Morgan fingerprint density at radius 2 is 2.11 bits per heavy atom. The number of carbonyl (C=O) groups excluding carboxylic acids is 1. The van der Waals surface area contributed by atoms with Crippen molar-refractivity contribution < 1.29 is 14.7 Å². The van der Waals surface area contributed by atoms with Crippen molar-refractivity contribution in [3.05, 3.63) is 39.5 Å². The van der Waals surface area contributed by atoms with Gasteiger partial charge in [-0.15, -0.1) is 0 Å². The monoisotopic (exact) mass is 374 g/mol. The SMILES string of the molecule is C/C=C/CCNC(=O)Nc1cc(I)cc(C(=O)O)c1. The predicted molar refractivity (Wildman–Crippen MR) is 82.6 cm³/mol. The molecule has 0 radical (unpaired) electrons. The second-order valence-electron chi connectivity index (χ2n) is 3.77. The molecule has 1 aromatic carbocycles. The summed E-state index contributed by atoms with van der Waals surface area (Å²) in [6.45, 7) is 2.45. The van der Waals surface area contributed by atoms with Gasteiger partial charge in [-0.3, -0.25) is 0 Å². The standard InChI is InChI=1S/C13H15IN2O3/c1-2-3-4-5-15-13(19)16-11-7-9(12(17)18)6-10(14)8-11/h2-3,6-8H,4-5H2,1H3,(H,17,18)(H2,15,16,19)/b3-2+. The highest BCUT2D eigenvalue weighted by atomic mass is 127. The van der Waals surface area contributed by atoms with Gasteiger partial charge in [0.05, 0.1) is 5.56 Å². The Hall–Kier alpha value is -1.57. The molecule has 19 heavy (non-hydrogen) atoms. The van der Waals surface area contributed by atoms with E-state index >= 15 is 0 Å². The molecule has 1 aromatic rings. The van der Waals surface area contributed by atoms with E-state index in [-0.39, 0.29) is 11.6 Å². The molecule has 3 N–H and O–H groups in total. The van der Waals surface area contributed by atoms with Crippen molar-refractivity contribution in [3.8, 4) is 0 Å². The number of benzene rings is 1. The van der Waals surface area contributed by atoms with Crippen molar-refractivity contribution in [2.45, 2.75) is 13.3 Å². The van der Waals surface area contributed by atoms with Crippen LogP contribution in [0.5, 0.6) is 0 Å². The molecule has 0 saturated carbocycles. The molecule has 0 aliphatic rings. The van der Waals surface area contributed by atoms with Gasteiger partial charge in [0.1, 0.15) is 0 Å². The number of anilines is 1. The van der Waals surface area contributed by atoms with Crippen molar-refractivity contribution in [1.29, 1.82) is 0 Å². The van der Waals surface area contributed by atoms with E-state index in [0.29, 0.717) is 12.2 Å². The Balaban J connectivity index is 2.61. The van der Waals surface area contributed by atoms with Crippen molar-refractivity contribution in [2.75, 3.05) is 11.9 Å². The molecule has 6 heteroatoms. The summed E-state index contributed by atoms with van der Waals surface area (Å²) in [5.74, 6) is -1.02. The first-order valence-corrected chi connectivity index (χ1v) is 6.80. The largest absolute Gasteiger partial charge is 0.478 e. The maximum absolute atomic E-state index is 11.6. The van der Waals surface area contributed by atoms with Crippen LogP contribution in [-0.4, -0.2) is 23.7 Å². The lowest BCUT2D eigenvalue weighted by Gasteiger charge is -2.08. The van der Waals surface area contributed by atoms with Gasteiger partial charge in [-0.05, 0) is 54.1 Å². The minimum atomic E-state index is -1.02. The number of urea groups is 1. The van der Waals surface area contributed by atoms with Gasteiger partial charge in [0.15, 0.2) is 0 Å². The van der Waals surface area contributed by atoms with E-state index in [1.165, 1.54) is 12.1 Å². The van der Waals surface area contributed by atoms with E-state index < -0.39 is 5.97 Å². The van der Waals surface area contributed by atoms with Gasteiger partial charge in [-0.2, -0.15) is 0 Å². The van der Waals surface area contributed by atoms with Crippen molar-refractivity contribution in [2.24, 2.45) is 0 Å². The second-order valence-corrected chi connectivity index (χ2v) is 5.02. The van der Waals surface area contributed by atoms with Gasteiger partial charge in [0.25, 0.3) is 0 Å². The summed E-state index contributed by atoms with van der Waals surface area (Å²) in [6, 6.07) is 4.33. The summed E-state index contributed by atoms with van der Waals surface area (Å²) in [6.07, 6.45) is 4.63. The number of carbonyl (C=O) groups is 2. The van der Waals surface area contributed by atoms with Crippen LogP contribution < -0.4 is 10.6 Å². The highest BCUT2D eigenvalue weighted by Gasteiger charge is 2.07. The molecule has 0 fully saturated rings. The van der Waals surface area contributed by atoms with Crippen LogP contribution in [0, 0.1) is 3.57 Å². The first kappa shape index (κ1) is 15.5. The average molecular weight is 374 g/mol. The van der Waals surface area contributed by atoms with E-state index in [0.717, 1.165) is 9.99 Å². The molecule has 0 saturated heterocycles. The molecule has 0 aromatic heterocycles. The fourth-order valence-corrected chi connectivity index (χ4v) is 2.07. The number of carboxylic acid groups (broad SMARTS) is 1. The highest BCUT2D eigenvalue weighted by Crippen LogP contribution is 2.16. The third-order valence-electron chi connectivity index (χ3n) is 2.23. The number of amides is 2. The highest BCUT2D eigenvalue weighted by molar-refractivity contribution is 14.1.